The second-order valence-electron chi connectivity index (χ2n) is 7.88. The minimum absolute atomic E-state index is 0.324. The molecular formula is C23H28O4. The molecule has 0 aromatic heterocycles. The van der Waals surface area contributed by atoms with Crippen molar-refractivity contribution in [2.24, 2.45) is 0 Å². The van der Waals surface area contributed by atoms with Crippen LogP contribution in [0.2, 0.25) is 0 Å². The molecule has 2 rings (SSSR count). The number of hydrogen-bond donors (Lipinski definition) is 0. The predicted molar refractivity (Wildman–Crippen MR) is 106 cm³/mol. The summed E-state index contributed by atoms with van der Waals surface area (Å²) in [5.41, 5.74) is -0.0933. The minimum Gasteiger partial charge on any atom is -0.456 e. The van der Waals surface area contributed by atoms with E-state index in [0.29, 0.717) is 24.0 Å². The van der Waals surface area contributed by atoms with Crippen LogP contribution in [0.3, 0.4) is 0 Å². The molecular weight excluding hydrogens is 340 g/mol. The molecule has 0 N–H and O–H groups in total. The van der Waals surface area contributed by atoms with Gasteiger partial charge in [0, 0.05) is 0 Å². The Morgan fingerprint density at radius 1 is 0.667 bits per heavy atom. The molecule has 0 saturated heterocycles. The van der Waals surface area contributed by atoms with Crippen LogP contribution in [-0.4, -0.2) is 23.1 Å². The van der Waals surface area contributed by atoms with E-state index in [4.69, 9.17) is 9.47 Å². The van der Waals surface area contributed by atoms with Crippen molar-refractivity contribution in [3.63, 3.8) is 0 Å². The van der Waals surface area contributed by atoms with E-state index in [1.165, 1.54) is 0 Å². The highest BCUT2D eigenvalue weighted by Gasteiger charge is 2.27. The Morgan fingerprint density at radius 3 is 1.33 bits per heavy atom. The van der Waals surface area contributed by atoms with Gasteiger partial charge in [-0.15, -0.1) is 0 Å². The van der Waals surface area contributed by atoms with Gasteiger partial charge in [-0.1, -0.05) is 36.4 Å². The van der Waals surface area contributed by atoms with E-state index < -0.39 is 11.2 Å². The van der Waals surface area contributed by atoms with Crippen LogP contribution in [0.4, 0.5) is 0 Å². The molecule has 0 aliphatic rings. The third-order valence-electron chi connectivity index (χ3n) is 4.31. The fourth-order valence-electron chi connectivity index (χ4n) is 2.81. The Labute approximate surface area is 161 Å². The van der Waals surface area contributed by atoms with Gasteiger partial charge in [-0.3, -0.25) is 0 Å². The van der Waals surface area contributed by atoms with Gasteiger partial charge in [0.2, 0.25) is 0 Å². The van der Waals surface area contributed by atoms with Gasteiger partial charge in [0.25, 0.3) is 0 Å². The summed E-state index contributed by atoms with van der Waals surface area (Å²) in [5.74, 6) is -0.647. The van der Waals surface area contributed by atoms with Gasteiger partial charge in [-0.25, -0.2) is 9.59 Å². The summed E-state index contributed by atoms with van der Waals surface area (Å²) in [5, 5.41) is 0. The third kappa shape index (κ3) is 6.89. The fourth-order valence-corrected chi connectivity index (χ4v) is 2.81. The number of hydrogen-bond acceptors (Lipinski definition) is 4. The van der Waals surface area contributed by atoms with Crippen molar-refractivity contribution in [1.29, 1.82) is 0 Å². The Hall–Kier alpha value is -2.62. The topological polar surface area (TPSA) is 52.6 Å². The lowest BCUT2D eigenvalue weighted by atomic mass is 9.94. The van der Waals surface area contributed by atoms with E-state index in [2.05, 4.69) is 0 Å². The standard InChI is InChI=1S/C23H28O4/c1-22(2,26-20(24)18-12-7-5-8-13-18)16-11-17-23(3,4)27-21(25)19-14-9-6-10-15-19/h5-10,12-15H,11,16-17H2,1-4H3. The van der Waals surface area contributed by atoms with Crippen LogP contribution in [-0.2, 0) is 9.47 Å². The molecule has 4 nitrogen and oxygen atoms in total. The summed E-state index contributed by atoms with van der Waals surface area (Å²) in [4.78, 5) is 24.5. The van der Waals surface area contributed by atoms with Gasteiger partial charge < -0.3 is 9.47 Å². The summed E-state index contributed by atoms with van der Waals surface area (Å²) in [6.45, 7) is 7.60. The third-order valence-corrected chi connectivity index (χ3v) is 4.31. The molecule has 0 heterocycles. The Bertz CT molecular complexity index is 683. The number of benzene rings is 2. The second-order valence-corrected chi connectivity index (χ2v) is 7.88. The van der Waals surface area contributed by atoms with E-state index >= 15 is 0 Å². The van der Waals surface area contributed by atoms with Crippen LogP contribution in [0.25, 0.3) is 0 Å². The molecule has 0 saturated carbocycles. The first-order valence-corrected chi connectivity index (χ1v) is 9.25. The molecule has 0 bridgehead atoms. The zero-order valence-electron chi connectivity index (χ0n) is 16.5. The number of carbonyl (C=O) groups is 2. The van der Waals surface area contributed by atoms with Crippen molar-refractivity contribution < 1.29 is 19.1 Å². The maximum Gasteiger partial charge on any atom is 0.338 e. The average Bonchev–Trinajstić information content (AvgIpc) is 2.62. The van der Waals surface area contributed by atoms with Crippen LogP contribution in [0.15, 0.2) is 60.7 Å². The summed E-state index contributed by atoms with van der Waals surface area (Å²) < 4.78 is 11.3. The van der Waals surface area contributed by atoms with Crippen molar-refractivity contribution in [3.8, 4) is 0 Å². The van der Waals surface area contributed by atoms with Gasteiger partial charge in [0.05, 0.1) is 11.1 Å². The smallest absolute Gasteiger partial charge is 0.338 e. The quantitative estimate of drug-likeness (QED) is 0.583. The molecule has 0 unspecified atom stereocenters. The summed E-state index contributed by atoms with van der Waals surface area (Å²) in [6, 6.07) is 17.9. The first-order valence-electron chi connectivity index (χ1n) is 9.25. The first kappa shape index (κ1) is 20.7. The van der Waals surface area contributed by atoms with Crippen LogP contribution < -0.4 is 0 Å². The number of rotatable bonds is 8. The molecule has 0 atom stereocenters. The molecule has 0 radical (unpaired) electrons. The first-order chi connectivity index (χ1) is 12.7. The largest absolute Gasteiger partial charge is 0.456 e. The number of carbonyl (C=O) groups excluding carboxylic acids is 2. The molecule has 4 heteroatoms. The van der Waals surface area contributed by atoms with Crippen LogP contribution in [0.1, 0.15) is 67.7 Å². The fraction of sp³-hybridized carbons (Fsp3) is 0.391. The van der Waals surface area contributed by atoms with Crippen LogP contribution >= 0.6 is 0 Å². The summed E-state index contributed by atoms with van der Waals surface area (Å²) in [7, 11) is 0. The zero-order chi connectivity index (χ0) is 19.9. The molecule has 0 aliphatic heterocycles. The van der Waals surface area contributed by atoms with E-state index in [1.807, 2.05) is 64.1 Å². The predicted octanol–water partition coefficient (Wildman–Crippen LogP) is 5.43. The van der Waals surface area contributed by atoms with Crippen molar-refractivity contribution >= 4 is 11.9 Å². The van der Waals surface area contributed by atoms with Crippen molar-refractivity contribution in [3.05, 3.63) is 71.8 Å². The minimum atomic E-state index is -0.591. The second kappa shape index (κ2) is 8.85. The molecule has 144 valence electrons. The van der Waals surface area contributed by atoms with Crippen molar-refractivity contribution in [2.75, 3.05) is 0 Å². The molecule has 0 fully saturated rings. The van der Waals surface area contributed by atoms with E-state index in [0.717, 1.165) is 6.42 Å². The molecule has 27 heavy (non-hydrogen) atoms. The average molecular weight is 368 g/mol. The van der Waals surface area contributed by atoms with Crippen molar-refractivity contribution in [2.45, 2.75) is 58.2 Å². The summed E-state index contributed by atoms with van der Waals surface area (Å²) in [6.07, 6.45) is 2.12. The molecule has 2 aromatic rings. The monoisotopic (exact) mass is 368 g/mol. The Morgan fingerprint density at radius 2 is 1.00 bits per heavy atom. The lowest BCUT2D eigenvalue weighted by molar-refractivity contribution is -0.0171. The van der Waals surface area contributed by atoms with Crippen LogP contribution in [0.5, 0.6) is 0 Å². The highest BCUT2D eigenvalue weighted by Crippen LogP contribution is 2.25. The zero-order valence-corrected chi connectivity index (χ0v) is 16.5. The van der Waals surface area contributed by atoms with Gasteiger partial charge in [0.15, 0.2) is 0 Å². The Kier molecular flexibility index (Phi) is 6.78. The van der Waals surface area contributed by atoms with Crippen LogP contribution in [0, 0.1) is 0 Å². The molecule has 2 aromatic carbocycles. The molecule has 0 spiro atoms. The molecule has 0 amide bonds. The maximum absolute atomic E-state index is 12.2. The van der Waals surface area contributed by atoms with E-state index in [-0.39, 0.29) is 11.9 Å². The highest BCUT2D eigenvalue weighted by molar-refractivity contribution is 5.90. The van der Waals surface area contributed by atoms with Crippen molar-refractivity contribution in [1.82, 2.24) is 0 Å². The lowest BCUT2D eigenvalue weighted by Gasteiger charge is -2.29. The normalized spacial score (nSPS) is 11.7. The highest BCUT2D eigenvalue weighted by atomic mass is 16.6. The van der Waals surface area contributed by atoms with Gasteiger partial charge in [-0.05, 0) is 71.2 Å². The van der Waals surface area contributed by atoms with Gasteiger partial charge >= 0.3 is 11.9 Å². The SMILES string of the molecule is CC(C)(CCCC(C)(C)OC(=O)c1ccccc1)OC(=O)c1ccccc1. The number of esters is 2. The Balaban J connectivity index is 1.82. The van der Waals surface area contributed by atoms with Gasteiger partial charge in [0.1, 0.15) is 11.2 Å². The summed E-state index contributed by atoms with van der Waals surface area (Å²) >= 11 is 0. The maximum atomic E-state index is 12.2. The molecule has 0 aliphatic carbocycles. The lowest BCUT2D eigenvalue weighted by Crippen LogP contribution is -2.31. The van der Waals surface area contributed by atoms with Gasteiger partial charge in [-0.2, -0.15) is 0 Å². The number of ether oxygens (including phenoxy) is 2. The van der Waals surface area contributed by atoms with E-state index in [1.54, 1.807) is 24.3 Å². The van der Waals surface area contributed by atoms with E-state index in [9.17, 15) is 9.59 Å².